The smallest absolute Gasteiger partial charge is 0.413 e. The lowest BCUT2D eigenvalue weighted by Gasteiger charge is -2.38. The maximum absolute atomic E-state index is 12.4. The van der Waals surface area contributed by atoms with Crippen LogP contribution in [0.3, 0.4) is 0 Å². The average molecular weight is 317 g/mol. The van der Waals surface area contributed by atoms with E-state index >= 15 is 0 Å². The highest BCUT2D eigenvalue weighted by molar-refractivity contribution is 5.85. The Hall–Kier alpha value is -1.30. The number of methoxy groups -OCH3 is 1. The van der Waals surface area contributed by atoms with Gasteiger partial charge in [-0.3, -0.25) is 4.90 Å². The number of hydrogen-bond acceptors (Lipinski definition) is 5. The minimum atomic E-state index is -1.12. The second-order valence-electron chi connectivity index (χ2n) is 6.44. The Morgan fingerprint density at radius 2 is 1.68 bits per heavy atom. The molecule has 0 radical (unpaired) electrons. The molecular formula is C16H31NO5. The van der Waals surface area contributed by atoms with Crippen LogP contribution in [-0.4, -0.2) is 48.5 Å². The fourth-order valence-electron chi connectivity index (χ4n) is 1.75. The first-order valence-electron chi connectivity index (χ1n) is 7.79. The van der Waals surface area contributed by atoms with Gasteiger partial charge in [0.25, 0.3) is 0 Å². The SMILES string of the molecule is CCCCOC(=O)[C@](C)(CC)N(COC)C(=O)OC(C)(C)C. The largest absolute Gasteiger partial charge is 0.464 e. The highest BCUT2D eigenvalue weighted by Gasteiger charge is 2.44. The van der Waals surface area contributed by atoms with Crippen LogP contribution in [0.25, 0.3) is 0 Å². The fourth-order valence-corrected chi connectivity index (χ4v) is 1.75. The van der Waals surface area contributed by atoms with E-state index in [4.69, 9.17) is 14.2 Å². The zero-order valence-corrected chi connectivity index (χ0v) is 15.0. The molecular weight excluding hydrogens is 286 g/mol. The van der Waals surface area contributed by atoms with Crippen molar-refractivity contribution in [3.63, 3.8) is 0 Å². The van der Waals surface area contributed by atoms with Gasteiger partial charge in [0.2, 0.25) is 0 Å². The number of amides is 1. The van der Waals surface area contributed by atoms with Crippen LogP contribution < -0.4 is 0 Å². The second kappa shape index (κ2) is 8.98. The molecule has 1 atom stereocenters. The third kappa shape index (κ3) is 6.22. The van der Waals surface area contributed by atoms with Crippen molar-refractivity contribution in [1.82, 2.24) is 4.90 Å². The van der Waals surface area contributed by atoms with Crippen molar-refractivity contribution in [2.45, 2.75) is 71.9 Å². The molecule has 0 aromatic heterocycles. The number of carbonyl (C=O) groups excluding carboxylic acids is 2. The van der Waals surface area contributed by atoms with Gasteiger partial charge in [-0.05, 0) is 40.5 Å². The first-order chi connectivity index (χ1) is 10.1. The number of unbranched alkanes of at least 4 members (excludes halogenated alkanes) is 1. The monoisotopic (exact) mass is 317 g/mol. The van der Waals surface area contributed by atoms with Crippen molar-refractivity contribution < 1.29 is 23.8 Å². The molecule has 0 saturated carbocycles. The van der Waals surface area contributed by atoms with E-state index in [2.05, 4.69) is 0 Å². The van der Waals surface area contributed by atoms with E-state index in [1.165, 1.54) is 12.0 Å². The second-order valence-corrected chi connectivity index (χ2v) is 6.44. The first-order valence-corrected chi connectivity index (χ1v) is 7.79. The first kappa shape index (κ1) is 20.7. The summed E-state index contributed by atoms with van der Waals surface area (Å²) in [6.45, 7) is 11.2. The van der Waals surface area contributed by atoms with Crippen LogP contribution in [0.2, 0.25) is 0 Å². The van der Waals surface area contributed by atoms with Gasteiger partial charge in [0.05, 0.1) is 6.61 Å². The fraction of sp³-hybridized carbons (Fsp3) is 0.875. The molecule has 0 aromatic carbocycles. The third-order valence-corrected chi connectivity index (χ3v) is 3.33. The van der Waals surface area contributed by atoms with E-state index in [1.807, 2.05) is 13.8 Å². The Morgan fingerprint density at radius 1 is 1.09 bits per heavy atom. The third-order valence-electron chi connectivity index (χ3n) is 3.33. The number of carbonyl (C=O) groups is 2. The van der Waals surface area contributed by atoms with Crippen molar-refractivity contribution >= 4 is 12.1 Å². The summed E-state index contributed by atoms with van der Waals surface area (Å²) in [6, 6.07) is 0. The van der Waals surface area contributed by atoms with Crippen LogP contribution in [0.1, 0.15) is 60.8 Å². The number of nitrogens with zero attached hydrogens (tertiary/aromatic N) is 1. The van der Waals surface area contributed by atoms with Crippen molar-refractivity contribution in [1.29, 1.82) is 0 Å². The number of rotatable bonds is 8. The zero-order valence-electron chi connectivity index (χ0n) is 15.0. The van der Waals surface area contributed by atoms with Gasteiger partial charge < -0.3 is 14.2 Å². The lowest BCUT2D eigenvalue weighted by atomic mass is 9.97. The van der Waals surface area contributed by atoms with Gasteiger partial charge in [-0.1, -0.05) is 20.3 Å². The van der Waals surface area contributed by atoms with Crippen LogP contribution in [-0.2, 0) is 19.0 Å². The van der Waals surface area contributed by atoms with E-state index < -0.39 is 23.2 Å². The van der Waals surface area contributed by atoms with Gasteiger partial charge in [-0.2, -0.15) is 0 Å². The molecule has 0 rings (SSSR count). The summed E-state index contributed by atoms with van der Waals surface area (Å²) >= 11 is 0. The summed E-state index contributed by atoms with van der Waals surface area (Å²) < 4.78 is 15.8. The number of hydrogen-bond donors (Lipinski definition) is 0. The zero-order chi connectivity index (χ0) is 17.4. The molecule has 1 amide bonds. The summed E-state index contributed by atoms with van der Waals surface area (Å²) in [4.78, 5) is 26.1. The molecule has 0 N–H and O–H groups in total. The van der Waals surface area contributed by atoms with E-state index in [0.29, 0.717) is 13.0 Å². The predicted octanol–water partition coefficient (Wildman–Crippen LogP) is 3.34. The molecule has 0 aliphatic carbocycles. The highest BCUT2D eigenvalue weighted by atomic mass is 16.6. The lowest BCUT2D eigenvalue weighted by molar-refractivity contribution is -0.160. The Bertz CT molecular complexity index is 364. The van der Waals surface area contributed by atoms with Crippen LogP contribution in [0.4, 0.5) is 4.79 Å². The molecule has 6 nitrogen and oxygen atoms in total. The van der Waals surface area contributed by atoms with Gasteiger partial charge in [-0.15, -0.1) is 0 Å². The maximum atomic E-state index is 12.4. The summed E-state index contributed by atoms with van der Waals surface area (Å²) in [5.74, 6) is -0.439. The quantitative estimate of drug-likeness (QED) is 0.390. The van der Waals surface area contributed by atoms with Crippen LogP contribution in [0.5, 0.6) is 0 Å². The lowest BCUT2D eigenvalue weighted by Crippen LogP contribution is -2.57. The Balaban J connectivity index is 5.20. The van der Waals surface area contributed by atoms with E-state index in [9.17, 15) is 9.59 Å². The van der Waals surface area contributed by atoms with Crippen molar-refractivity contribution in [3.05, 3.63) is 0 Å². The summed E-state index contributed by atoms with van der Waals surface area (Å²) in [6.07, 6.45) is 1.54. The van der Waals surface area contributed by atoms with Gasteiger partial charge >= 0.3 is 12.1 Å². The predicted molar refractivity (Wildman–Crippen MR) is 84.5 cm³/mol. The summed E-state index contributed by atoms with van der Waals surface area (Å²) in [7, 11) is 1.47. The van der Waals surface area contributed by atoms with Gasteiger partial charge in [0.15, 0.2) is 0 Å². The molecule has 0 unspecified atom stereocenters. The number of esters is 1. The minimum absolute atomic E-state index is 0.0396. The topological polar surface area (TPSA) is 65.1 Å². The maximum Gasteiger partial charge on any atom is 0.413 e. The molecule has 130 valence electrons. The molecule has 22 heavy (non-hydrogen) atoms. The standard InChI is InChI=1S/C16H31NO5/c1-8-10-11-21-13(18)16(6,9-2)17(12-20-7)14(19)22-15(3,4)5/h8-12H2,1-7H3/t16-/m0/s1. The molecule has 0 aliphatic heterocycles. The van der Waals surface area contributed by atoms with E-state index in [-0.39, 0.29) is 6.73 Å². The molecule has 0 spiro atoms. The van der Waals surface area contributed by atoms with E-state index in [1.54, 1.807) is 27.7 Å². The van der Waals surface area contributed by atoms with Crippen molar-refractivity contribution in [3.8, 4) is 0 Å². The van der Waals surface area contributed by atoms with Gasteiger partial charge in [0, 0.05) is 7.11 Å². The van der Waals surface area contributed by atoms with Gasteiger partial charge in [0.1, 0.15) is 17.9 Å². The normalized spacial score (nSPS) is 14.1. The minimum Gasteiger partial charge on any atom is -0.464 e. The Kier molecular flexibility index (Phi) is 8.45. The molecule has 0 bridgehead atoms. The van der Waals surface area contributed by atoms with Crippen LogP contribution in [0, 0.1) is 0 Å². The summed E-state index contributed by atoms with van der Waals surface area (Å²) in [5, 5.41) is 0. The van der Waals surface area contributed by atoms with E-state index in [0.717, 1.165) is 12.8 Å². The molecule has 0 fully saturated rings. The molecule has 0 aromatic rings. The molecule has 6 heteroatoms. The molecule has 0 saturated heterocycles. The molecule has 0 heterocycles. The Labute approximate surface area is 134 Å². The average Bonchev–Trinajstić information content (AvgIpc) is 2.42. The van der Waals surface area contributed by atoms with Gasteiger partial charge in [-0.25, -0.2) is 9.59 Å². The Morgan fingerprint density at radius 3 is 2.09 bits per heavy atom. The molecule has 0 aliphatic rings. The highest BCUT2D eigenvalue weighted by Crippen LogP contribution is 2.24. The summed E-state index contributed by atoms with van der Waals surface area (Å²) in [5.41, 5.74) is -1.77. The van der Waals surface area contributed by atoms with Crippen molar-refractivity contribution in [2.75, 3.05) is 20.4 Å². The number of ether oxygens (including phenoxy) is 3. The van der Waals surface area contributed by atoms with Crippen LogP contribution >= 0.6 is 0 Å². The van der Waals surface area contributed by atoms with Crippen LogP contribution in [0.15, 0.2) is 0 Å². The van der Waals surface area contributed by atoms with Crippen molar-refractivity contribution in [2.24, 2.45) is 0 Å².